The number of unbranched alkanes of at least 4 members (excludes halogenated alkanes) is 1. The van der Waals surface area contributed by atoms with Gasteiger partial charge in [-0.25, -0.2) is 0 Å². The Hall–Kier alpha value is -0.520. The van der Waals surface area contributed by atoms with Crippen molar-refractivity contribution in [1.29, 1.82) is 0 Å². The fourth-order valence-corrected chi connectivity index (χ4v) is 2.54. The monoisotopic (exact) mass is 175 g/mol. The van der Waals surface area contributed by atoms with Crippen LogP contribution >= 0.6 is 0 Å². The van der Waals surface area contributed by atoms with Gasteiger partial charge < -0.3 is 0 Å². The second-order valence-electron chi connectivity index (χ2n) is 4.24. The summed E-state index contributed by atoms with van der Waals surface area (Å²) in [7, 11) is 0. The summed E-state index contributed by atoms with van der Waals surface area (Å²) < 4.78 is 0. The summed E-state index contributed by atoms with van der Waals surface area (Å²) in [6, 6.07) is 0. The molecule has 0 aliphatic heterocycles. The molecule has 2 aliphatic carbocycles. The largest absolute Gasteiger partial charge is 0.0761 e. The van der Waals surface area contributed by atoms with Gasteiger partial charge in [0, 0.05) is 6.42 Å². The lowest BCUT2D eigenvalue weighted by molar-refractivity contribution is 0.463. The summed E-state index contributed by atoms with van der Waals surface area (Å²) in [6.45, 7) is 2.29. The van der Waals surface area contributed by atoms with Crippen molar-refractivity contribution < 1.29 is 0 Å². The molecule has 13 heavy (non-hydrogen) atoms. The lowest BCUT2D eigenvalue weighted by Crippen LogP contribution is -2.09. The molecule has 1 atom stereocenters. The maximum absolute atomic E-state index is 2.34. The Balaban J connectivity index is 2.01. The van der Waals surface area contributed by atoms with Gasteiger partial charge in [-0.15, -0.1) is 0 Å². The first-order valence-electron chi connectivity index (χ1n) is 5.66. The van der Waals surface area contributed by atoms with E-state index in [-0.39, 0.29) is 0 Å². The SMILES string of the molecule is CCCCC1CCCC2=C1C=C[CH]2. The molecule has 0 spiro atoms. The van der Waals surface area contributed by atoms with Gasteiger partial charge >= 0.3 is 0 Å². The number of allylic oxidation sites excluding steroid dienone is 4. The smallest absolute Gasteiger partial charge is 0.00865 e. The van der Waals surface area contributed by atoms with E-state index >= 15 is 0 Å². The summed E-state index contributed by atoms with van der Waals surface area (Å²) in [5.41, 5.74) is 3.30. The van der Waals surface area contributed by atoms with E-state index in [1.54, 1.807) is 11.1 Å². The van der Waals surface area contributed by atoms with Crippen LogP contribution < -0.4 is 0 Å². The number of hydrogen-bond donors (Lipinski definition) is 0. The molecule has 71 valence electrons. The third-order valence-electron chi connectivity index (χ3n) is 3.29. The lowest BCUT2D eigenvalue weighted by atomic mass is 9.81. The van der Waals surface area contributed by atoms with Gasteiger partial charge in [-0.2, -0.15) is 0 Å². The molecule has 1 radical (unpaired) electrons. The van der Waals surface area contributed by atoms with Crippen LogP contribution in [0.2, 0.25) is 0 Å². The molecular formula is C13H19. The normalized spacial score (nSPS) is 26.7. The van der Waals surface area contributed by atoms with Crippen LogP contribution in [0.5, 0.6) is 0 Å². The van der Waals surface area contributed by atoms with Gasteiger partial charge in [0.1, 0.15) is 0 Å². The highest BCUT2D eigenvalue weighted by Gasteiger charge is 2.22. The summed E-state index contributed by atoms with van der Waals surface area (Å²) in [5, 5.41) is 0. The number of rotatable bonds is 3. The highest BCUT2D eigenvalue weighted by atomic mass is 14.3. The Kier molecular flexibility index (Phi) is 2.87. The van der Waals surface area contributed by atoms with Gasteiger partial charge in [-0.3, -0.25) is 0 Å². The van der Waals surface area contributed by atoms with Crippen molar-refractivity contribution in [1.82, 2.24) is 0 Å². The fraction of sp³-hybridized carbons (Fsp3) is 0.615. The zero-order valence-corrected chi connectivity index (χ0v) is 8.55. The Morgan fingerprint density at radius 1 is 1.46 bits per heavy atom. The minimum Gasteiger partial charge on any atom is -0.0761 e. The molecule has 2 aliphatic rings. The van der Waals surface area contributed by atoms with Crippen LogP contribution in [0, 0.1) is 12.3 Å². The molecule has 2 rings (SSSR count). The predicted octanol–water partition coefficient (Wildman–Crippen LogP) is 4.05. The molecular weight excluding hydrogens is 156 g/mol. The molecule has 0 fully saturated rings. The van der Waals surface area contributed by atoms with E-state index in [4.69, 9.17) is 0 Å². The minimum atomic E-state index is 0.888. The van der Waals surface area contributed by atoms with Crippen molar-refractivity contribution in [2.75, 3.05) is 0 Å². The highest BCUT2D eigenvalue weighted by Crippen LogP contribution is 2.38. The molecule has 0 aromatic heterocycles. The topological polar surface area (TPSA) is 0 Å². The van der Waals surface area contributed by atoms with Crippen molar-refractivity contribution in [2.24, 2.45) is 5.92 Å². The maximum atomic E-state index is 2.34. The first kappa shape index (κ1) is 9.05. The van der Waals surface area contributed by atoms with Gasteiger partial charge in [-0.05, 0) is 37.2 Å². The van der Waals surface area contributed by atoms with Crippen molar-refractivity contribution in [3.63, 3.8) is 0 Å². The average Bonchev–Trinajstić information content (AvgIpc) is 2.62. The molecule has 0 bridgehead atoms. The zero-order valence-electron chi connectivity index (χ0n) is 8.55. The summed E-state index contributed by atoms with van der Waals surface area (Å²) >= 11 is 0. The van der Waals surface area contributed by atoms with Crippen LogP contribution in [-0.4, -0.2) is 0 Å². The maximum Gasteiger partial charge on any atom is 0.00865 e. The van der Waals surface area contributed by atoms with E-state index in [1.165, 1.54) is 38.5 Å². The van der Waals surface area contributed by atoms with E-state index < -0.39 is 0 Å². The van der Waals surface area contributed by atoms with Crippen LogP contribution in [0.25, 0.3) is 0 Å². The van der Waals surface area contributed by atoms with Crippen LogP contribution in [0.1, 0.15) is 45.4 Å². The van der Waals surface area contributed by atoms with E-state index in [9.17, 15) is 0 Å². The van der Waals surface area contributed by atoms with E-state index in [1.807, 2.05) is 0 Å². The van der Waals surface area contributed by atoms with Gasteiger partial charge in [-0.1, -0.05) is 37.5 Å². The Morgan fingerprint density at radius 3 is 3.23 bits per heavy atom. The number of hydrogen-bond acceptors (Lipinski definition) is 0. The first-order valence-corrected chi connectivity index (χ1v) is 5.66. The molecule has 0 aromatic carbocycles. The molecule has 0 saturated heterocycles. The second kappa shape index (κ2) is 4.13. The summed E-state index contributed by atoms with van der Waals surface area (Å²) in [4.78, 5) is 0. The second-order valence-corrected chi connectivity index (χ2v) is 4.24. The van der Waals surface area contributed by atoms with Crippen LogP contribution in [0.3, 0.4) is 0 Å². The Bertz CT molecular complexity index is 232. The van der Waals surface area contributed by atoms with Crippen molar-refractivity contribution >= 4 is 0 Å². The molecule has 0 heterocycles. The van der Waals surface area contributed by atoms with Gasteiger partial charge in [0.05, 0.1) is 0 Å². The van der Waals surface area contributed by atoms with Crippen LogP contribution in [0.4, 0.5) is 0 Å². The van der Waals surface area contributed by atoms with E-state index in [2.05, 4.69) is 25.5 Å². The summed E-state index contributed by atoms with van der Waals surface area (Å²) in [6.07, 6.45) is 15.2. The van der Waals surface area contributed by atoms with Crippen molar-refractivity contribution in [3.8, 4) is 0 Å². The van der Waals surface area contributed by atoms with Gasteiger partial charge in [0.15, 0.2) is 0 Å². The molecule has 0 N–H and O–H groups in total. The molecule has 1 unspecified atom stereocenters. The Morgan fingerprint density at radius 2 is 2.38 bits per heavy atom. The van der Waals surface area contributed by atoms with Crippen LogP contribution in [-0.2, 0) is 0 Å². The molecule has 0 aromatic rings. The quantitative estimate of drug-likeness (QED) is 0.607. The van der Waals surface area contributed by atoms with Crippen molar-refractivity contribution in [2.45, 2.75) is 45.4 Å². The Labute approximate surface area is 81.7 Å². The zero-order chi connectivity index (χ0) is 9.10. The fourth-order valence-electron chi connectivity index (χ4n) is 2.54. The van der Waals surface area contributed by atoms with E-state index in [0.717, 1.165) is 5.92 Å². The predicted molar refractivity (Wildman–Crippen MR) is 57.3 cm³/mol. The van der Waals surface area contributed by atoms with Crippen molar-refractivity contribution in [3.05, 3.63) is 29.7 Å². The average molecular weight is 175 g/mol. The first-order chi connectivity index (χ1) is 6.42. The third-order valence-corrected chi connectivity index (χ3v) is 3.29. The molecule has 0 saturated carbocycles. The van der Waals surface area contributed by atoms with Gasteiger partial charge in [0.2, 0.25) is 0 Å². The molecule has 0 heteroatoms. The third kappa shape index (κ3) is 1.87. The summed E-state index contributed by atoms with van der Waals surface area (Å²) in [5.74, 6) is 0.888. The van der Waals surface area contributed by atoms with Gasteiger partial charge in [0.25, 0.3) is 0 Å². The minimum absolute atomic E-state index is 0.888. The van der Waals surface area contributed by atoms with Crippen LogP contribution in [0.15, 0.2) is 23.3 Å². The molecule has 0 nitrogen and oxygen atoms in total. The lowest BCUT2D eigenvalue weighted by Gasteiger charge is -2.24. The molecule has 0 amide bonds. The van der Waals surface area contributed by atoms with E-state index in [0.29, 0.717) is 0 Å². The highest BCUT2D eigenvalue weighted by molar-refractivity contribution is 5.44. The standard InChI is InChI=1S/C13H19/c1-2-3-6-11-7-4-8-12-9-5-10-13(11)12/h5,9-11H,2-4,6-8H2,1H3.